The van der Waals surface area contributed by atoms with Crippen LogP contribution < -0.4 is 20.1 Å². The van der Waals surface area contributed by atoms with Gasteiger partial charge in [-0.3, -0.25) is 9.59 Å². The van der Waals surface area contributed by atoms with Crippen LogP contribution >= 0.6 is 0 Å². The Morgan fingerprint density at radius 2 is 2.09 bits per heavy atom. The molecule has 0 spiro atoms. The first kappa shape index (κ1) is 16.1. The average molecular weight is 306 g/mol. The summed E-state index contributed by atoms with van der Waals surface area (Å²) in [6, 6.07) is 5.70. The van der Waals surface area contributed by atoms with E-state index in [1.807, 2.05) is 18.2 Å². The Morgan fingerprint density at radius 1 is 1.32 bits per heavy atom. The third-order valence-electron chi connectivity index (χ3n) is 3.72. The van der Waals surface area contributed by atoms with Gasteiger partial charge < -0.3 is 20.1 Å². The largest absolute Gasteiger partial charge is 0.493 e. The standard InChI is InChI=1S/C16H22N2O4/c1-21-13-6-3-11(9-14(13)22-2)4-7-15(19)17-10-12-5-8-16(20)18-12/h3,6,9,12H,4-5,7-8,10H2,1-2H3,(H,17,19)(H,18,20). The summed E-state index contributed by atoms with van der Waals surface area (Å²) in [4.78, 5) is 22.9. The lowest BCUT2D eigenvalue weighted by Crippen LogP contribution is -2.38. The zero-order valence-corrected chi connectivity index (χ0v) is 13.0. The van der Waals surface area contributed by atoms with Crippen LogP contribution in [0.5, 0.6) is 11.5 Å². The van der Waals surface area contributed by atoms with Crippen molar-refractivity contribution in [1.29, 1.82) is 0 Å². The Balaban J connectivity index is 1.77. The number of carbonyl (C=O) groups is 2. The van der Waals surface area contributed by atoms with E-state index < -0.39 is 0 Å². The van der Waals surface area contributed by atoms with Gasteiger partial charge in [0.05, 0.1) is 14.2 Å². The van der Waals surface area contributed by atoms with Crippen molar-refractivity contribution in [3.05, 3.63) is 23.8 Å². The van der Waals surface area contributed by atoms with Crippen LogP contribution in [0.2, 0.25) is 0 Å². The number of hydrogen-bond acceptors (Lipinski definition) is 4. The maximum Gasteiger partial charge on any atom is 0.220 e. The maximum atomic E-state index is 11.9. The molecule has 6 nitrogen and oxygen atoms in total. The normalized spacial score (nSPS) is 17.0. The van der Waals surface area contributed by atoms with Crippen molar-refractivity contribution in [3.63, 3.8) is 0 Å². The van der Waals surface area contributed by atoms with Gasteiger partial charge in [0, 0.05) is 25.4 Å². The van der Waals surface area contributed by atoms with Crippen LogP contribution in [-0.2, 0) is 16.0 Å². The van der Waals surface area contributed by atoms with E-state index in [0.717, 1.165) is 12.0 Å². The van der Waals surface area contributed by atoms with Crippen LogP contribution in [0.1, 0.15) is 24.8 Å². The molecule has 0 saturated carbocycles. The number of rotatable bonds is 7. The van der Waals surface area contributed by atoms with Crippen LogP contribution in [0.25, 0.3) is 0 Å². The highest BCUT2D eigenvalue weighted by Crippen LogP contribution is 2.27. The zero-order chi connectivity index (χ0) is 15.9. The molecule has 6 heteroatoms. The number of methoxy groups -OCH3 is 2. The van der Waals surface area contributed by atoms with Gasteiger partial charge in [0.25, 0.3) is 0 Å². The summed E-state index contributed by atoms with van der Waals surface area (Å²) in [6.45, 7) is 0.497. The first-order chi connectivity index (χ1) is 10.6. The summed E-state index contributed by atoms with van der Waals surface area (Å²) in [5.41, 5.74) is 1.02. The Bertz CT molecular complexity index is 545. The van der Waals surface area contributed by atoms with Crippen LogP contribution in [-0.4, -0.2) is 38.6 Å². The highest BCUT2D eigenvalue weighted by molar-refractivity contribution is 5.79. The fraction of sp³-hybridized carbons (Fsp3) is 0.500. The molecule has 120 valence electrons. The van der Waals surface area contributed by atoms with E-state index >= 15 is 0 Å². The third kappa shape index (κ3) is 4.38. The quantitative estimate of drug-likeness (QED) is 0.789. The van der Waals surface area contributed by atoms with Gasteiger partial charge in [0.1, 0.15) is 0 Å². The van der Waals surface area contributed by atoms with Crippen molar-refractivity contribution >= 4 is 11.8 Å². The molecule has 22 heavy (non-hydrogen) atoms. The number of aryl methyl sites for hydroxylation is 1. The average Bonchev–Trinajstić information content (AvgIpc) is 2.96. The Hall–Kier alpha value is -2.24. The second-order valence-electron chi connectivity index (χ2n) is 5.30. The fourth-order valence-electron chi connectivity index (χ4n) is 2.45. The lowest BCUT2D eigenvalue weighted by molar-refractivity contribution is -0.122. The smallest absolute Gasteiger partial charge is 0.220 e. The minimum atomic E-state index is -0.0177. The molecule has 0 aromatic heterocycles. The minimum absolute atomic E-state index is 0.0177. The molecule has 1 heterocycles. The molecule has 1 aliphatic rings. The van der Waals surface area contributed by atoms with Crippen molar-refractivity contribution in [3.8, 4) is 11.5 Å². The molecule has 1 aromatic rings. The van der Waals surface area contributed by atoms with Gasteiger partial charge in [-0.2, -0.15) is 0 Å². The molecule has 1 aliphatic heterocycles. The zero-order valence-electron chi connectivity index (χ0n) is 13.0. The predicted octanol–water partition coefficient (Wildman–Crippen LogP) is 1.03. The SMILES string of the molecule is COc1ccc(CCC(=O)NCC2CCC(=O)N2)cc1OC. The van der Waals surface area contributed by atoms with Gasteiger partial charge in [0.2, 0.25) is 11.8 Å². The van der Waals surface area contributed by atoms with E-state index in [1.54, 1.807) is 14.2 Å². The van der Waals surface area contributed by atoms with Gasteiger partial charge in [-0.15, -0.1) is 0 Å². The lowest BCUT2D eigenvalue weighted by Gasteiger charge is -2.12. The number of amides is 2. The third-order valence-corrected chi connectivity index (χ3v) is 3.72. The molecule has 2 N–H and O–H groups in total. The van der Waals surface area contributed by atoms with Crippen LogP contribution in [0, 0.1) is 0 Å². The van der Waals surface area contributed by atoms with Crippen molar-refractivity contribution < 1.29 is 19.1 Å². The second-order valence-corrected chi connectivity index (χ2v) is 5.30. The van der Waals surface area contributed by atoms with E-state index in [2.05, 4.69) is 10.6 Å². The number of benzene rings is 1. The molecule has 1 saturated heterocycles. The minimum Gasteiger partial charge on any atom is -0.493 e. The van der Waals surface area contributed by atoms with E-state index in [0.29, 0.717) is 37.3 Å². The highest BCUT2D eigenvalue weighted by atomic mass is 16.5. The van der Waals surface area contributed by atoms with Crippen molar-refractivity contribution in [1.82, 2.24) is 10.6 Å². The number of hydrogen-bond donors (Lipinski definition) is 2. The first-order valence-electron chi connectivity index (χ1n) is 7.39. The topological polar surface area (TPSA) is 76.7 Å². The van der Waals surface area contributed by atoms with Gasteiger partial charge >= 0.3 is 0 Å². The van der Waals surface area contributed by atoms with Gasteiger partial charge in [-0.05, 0) is 30.5 Å². The summed E-state index contributed by atoms with van der Waals surface area (Å²) >= 11 is 0. The monoisotopic (exact) mass is 306 g/mol. The van der Waals surface area contributed by atoms with Crippen molar-refractivity contribution in [2.24, 2.45) is 0 Å². The number of ether oxygens (including phenoxy) is 2. The summed E-state index contributed by atoms with van der Waals surface area (Å²) < 4.78 is 10.4. The van der Waals surface area contributed by atoms with Crippen molar-refractivity contribution in [2.45, 2.75) is 31.7 Å². The Kier molecular flexibility index (Phi) is 5.63. The molecule has 0 aliphatic carbocycles. The highest BCUT2D eigenvalue weighted by Gasteiger charge is 2.20. The maximum absolute atomic E-state index is 11.9. The lowest BCUT2D eigenvalue weighted by atomic mass is 10.1. The molecule has 1 atom stereocenters. The first-order valence-corrected chi connectivity index (χ1v) is 7.39. The van der Waals surface area contributed by atoms with E-state index in [4.69, 9.17) is 9.47 Å². The molecule has 2 rings (SSSR count). The van der Waals surface area contributed by atoms with Gasteiger partial charge in [0.15, 0.2) is 11.5 Å². The van der Waals surface area contributed by atoms with E-state index in [1.165, 1.54) is 0 Å². The van der Waals surface area contributed by atoms with E-state index in [-0.39, 0.29) is 17.9 Å². The summed E-state index contributed by atoms with van der Waals surface area (Å²) in [6.07, 6.45) is 2.36. The molecule has 1 unspecified atom stereocenters. The summed E-state index contributed by atoms with van der Waals surface area (Å²) in [5, 5.41) is 5.68. The molecule has 1 aromatic carbocycles. The van der Waals surface area contributed by atoms with Crippen LogP contribution in [0.15, 0.2) is 18.2 Å². The molecule has 0 radical (unpaired) electrons. The van der Waals surface area contributed by atoms with Crippen LogP contribution in [0.3, 0.4) is 0 Å². The van der Waals surface area contributed by atoms with Crippen LogP contribution in [0.4, 0.5) is 0 Å². The number of nitrogens with one attached hydrogen (secondary N) is 2. The Morgan fingerprint density at radius 3 is 2.73 bits per heavy atom. The summed E-state index contributed by atoms with van der Waals surface area (Å²) in [5.74, 6) is 1.38. The van der Waals surface area contributed by atoms with E-state index in [9.17, 15) is 9.59 Å². The summed E-state index contributed by atoms with van der Waals surface area (Å²) in [7, 11) is 3.18. The molecule has 0 bridgehead atoms. The molecule has 1 fully saturated rings. The van der Waals surface area contributed by atoms with Gasteiger partial charge in [-0.25, -0.2) is 0 Å². The number of carbonyl (C=O) groups excluding carboxylic acids is 2. The molecule has 2 amide bonds. The second kappa shape index (κ2) is 7.68. The molecular weight excluding hydrogens is 284 g/mol. The fourth-order valence-corrected chi connectivity index (χ4v) is 2.45. The van der Waals surface area contributed by atoms with Crippen molar-refractivity contribution in [2.75, 3.05) is 20.8 Å². The Labute approximate surface area is 130 Å². The molecular formula is C16H22N2O4. The van der Waals surface area contributed by atoms with Gasteiger partial charge in [-0.1, -0.05) is 6.07 Å². The predicted molar refractivity (Wildman–Crippen MR) is 82.0 cm³/mol.